The number of halogens is 25. The van der Waals surface area contributed by atoms with Gasteiger partial charge in [-0.2, -0.15) is 132 Å². The molecule has 2 nitrogen and oxygen atoms in total. The Morgan fingerprint density at radius 1 is 0.329 bits per heavy atom. The van der Waals surface area contributed by atoms with Gasteiger partial charge in [0.15, 0.2) is 0 Å². The summed E-state index contributed by atoms with van der Waals surface area (Å²) in [4.78, 5) is 4.66. The fraction of sp³-hybridized carbons (Fsp3) is 0.214. The van der Waals surface area contributed by atoms with Gasteiger partial charge in [-0.3, -0.25) is 0 Å². The zero-order valence-electron chi connectivity index (χ0n) is 33.6. The first kappa shape index (κ1) is 54.6. The maximum atomic E-state index is 14.2. The molecule has 0 spiro atoms. The van der Waals surface area contributed by atoms with Crippen LogP contribution < -0.4 is 31.4 Å². The third kappa shape index (κ3) is 12.1. The zero-order chi connectivity index (χ0) is 53.0. The molecule has 1 aromatic heterocycles. The number of hydrogen-bond acceptors (Lipinski definition) is 1. The molecule has 0 aliphatic heterocycles. The van der Waals surface area contributed by atoms with E-state index >= 15 is 0 Å². The fourth-order valence-electron chi connectivity index (χ4n) is 7.32. The van der Waals surface area contributed by atoms with Crippen molar-refractivity contribution >= 4 is 38.8 Å². The number of alkyl halides is 25. The molecule has 0 bridgehead atoms. The highest BCUT2D eigenvalue weighted by atomic mass is 19.4. The average Bonchev–Trinajstić information content (AvgIpc) is 3.21. The van der Waals surface area contributed by atoms with Crippen LogP contribution in [-0.2, 0) is 49.4 Å². The van der Waals surface area contributed by atoms with Crippen LogP contribution in [0.1, 0.15) is 44.5 Å². The third-order valence-corrected chi connectivity index (χ3v) is 10.3. The Hall–Kier alpha value is -6.38. The van der Waals surface area contributed by atoms with Crippen LogP contribution in [-0.4, -0.2) is 13.0 Å². The molecular weight excluding hydrogens is 1020 g/mol. The molecule has 1 heterocycles. The summed E-state index contributed by atoms with van der Waals surface area (Å²) in [6.45, 7) is -0.816. The Bertz CT molecular complexity index is 2410. The molecular formula is C42H21BF25NO. The number of benzene rings is 5. The van der Waals surface area contributed by atoms with E-state index in [1.807, 2.05) is 30.3 Å². The van der Waals surface area contributed by atoms with E-state index in [0.29, 0.717) is 0 Å². The van der Waals surface area contributed by atoms with Crippen molar-refractivity contribution in [3.63, 3.8) is 0 Å². The average molecular weight is 1040 g/mol. The Kier molecular flexibility index (Phi) is 14.4. The second-order valence-electron chi connectivity index (χ2n) is 14.9. The Morgan fingerprint density at radius 3 is 0.771 bits per heavy atom. The van der Waals surface area contributed by atoms with Gasteiger partial charge in [-0.25, -0.2) is 4.84 Å². The maximum Gasteiger partial charge on any atom is 0.416 e. The highest BCUT2D eigenvalue weighted by Gasteiger charge is 2.47. The van der Waals surface area contributed by atoms with Gasteiger partial charge < -0.3 is 0 Å². The molecule has 0 aliphatic rings. The van der Waals surface area contributed by atoms with Gasteiger partial charge in [0, 0.05) is 10.8 Å². The summed E-state index contributed by atoms with van der Waals surface area (Å²) in [5.41, 5.74) is -30.2. The van der Waals surface area contributed by atoms with Crippen molar-refractivity contribution in [2.75, 3.05) is 6.86 Å². The van der Waals surface area contributed by atoms with Crippen LogP contribution >= 0.6 is 0 Å². The summed E-state index contributed by atoms with van der Waals surface area (Å²) in [5, 5.41) is 2.14. The normalized spacial score (nSPS) is 13.6. The quantitative estimate of drug-likeness (QED) is 0.0920. The van der Waals surface area contributed by atoms with Gasteiger partial charge in [0.05, 0.1) is 49.9 Å². The molecule has 6 aromatic rings. The summed E-state index contributed by atoms with van der Waals surface area (Å²) < 4.78 is 354. The number of rotatable bonds is 6. The lowest BCUT2D eigenvalue weighted by Crippen LogP contribution is -2.75. The Labute approximate surface area is 374 Å². The van der Waals surface area contributed by atoms with Crippen molar-refractivity contribution in [2.24, 2.45) is 0 Å². The van der Waals surface area contributed by atoms with Gasteiger partial charge in [0.2, 0.25) is 12.4 Å². The van der Waals surface area contributed by atoms with Crippen molar-refractivity contribution in [3.8, 4) is 0 Å². The van der Waals surface area contributed by atoms with Gasteiger partial charge in [-0.05, 0) is 35.7 Å². The lowest BCUT2D eigenvalue weighted by Gasteiger charge is -2.46. The molecule has 28 heteroatoms. The van der Waals surface area contributed by atoms with Crippen molar-refractivity contribution in [1.29, 1.82) is 0 Å². The van der Waals surface area contributed by atoms with E-state index in [9.17, 15) is 110 Å². The zero-order valence-corrected chi connectivity index (χ0v) is 33.6. The van der Waals surface area contributed by atoms with E-state index < -0.39 is 202 Å². The van der Waals surface area contributed by atoms with Gasteiger partial charge in [-0.15, -0.1) is 0 Å². The third-order valence-electron chi connectivity index (χ3n) is 10.3. The van der Waals surface area contributed by atoms with E-state index in [0.717, 1.165) is 10.8 Å². The second kappa shape index (κ2) is 18.4. The first-order valence-electron chi connectivity index (χ1n) is 18.6. The predicted molar refractivity (Wildman–Crippen MR) is 197 cm³/mol. The minimum absolute atomic E-state index is 0.691. The minimum Gasteiger partial charge on any atom is -0.238 e. The van der Waals surface area contributed by atoms with E-state index in [4.69, 9.17) is 0 Å². The van der Waals surface area contributed by atoms with Crippen molar-refractivity contribution in [3.05, 3.63) is 160 Å². The lowest BCUT2D eigenvalue weighted by molar-refractivity contribution is -0.894. The second-order valence-corrected chi connectivity index (χ2v) is 14.9. The largest absolute Gasteiger partial charge is 0.416 e. The van der Waals surface area contributed by atoms with Crippen LogP contribution in [0, 0.1) is 0 Å². The monoisotopic (exact) mass is 1040 g/mol. The molecule has 0 radical (unpaired) electrons. The number of fused-ring (bicyclic) bond motifs is 1. The molecule has 0 atom stereocenters. The highest BCUT2D eigenvalue weighted by Crippen LogP contribution is 2.41. The molecule has 0 saturated carbocycles. The van der Waals surface area contributed by atoms with Crippen molar-refractivity contribution in [1.82, 2.24) is 0 Å². The standard InChI is InChI=1S/C32H12BF24.C10H9FNO/c34-25(35,36)13-1-14(26(37,38)39)6-21(5-13)33(22-7-15(27(40,41)42)2-16(8-22)28(43,44)45,23-9-17(29(46,47)48)3-18(10-23)30(49,50)51)24-11-19(31(52,53)54)4-20(12-24)32(55,56)57;11-8-13-12-6-5-9-3-1-2-4-10(9)7-12/h1-12H;1-7H,8H2/q-1;+1. The molecule has 0 unspecified atom stereocenters. The smallest absolute Gasteiger partial charge is 0.238 e. The van der Waals surface area contributed by atoms with Gasteiger partial charge in [0.1, 0.15) is 6.15 Å². The number of nitrogens with zero attached hydrogens (tertiary/aromatic N) is 1. The molecule has 6 rings (SSSR count). The molecule has 0 fully saturated rings. The molecule has 5 aromatic carbocycles. The van der Waals surface area contributed by atoms with E-state index in [-0.39, 0.29) is 0 Å². The SMILES string of the molecule is FC(F)(F)c1cc([B-](c2cc(C(F)(F)F)cc(C(F)(F)F)c2)(c2cc(C(F)(F)F)cc(C(F)(F)F)c2)c2cc(C(F)(F)F)cc(C(F)(F)F)c2)cc(C(F)(F)F)c1.FCO[n+]1ccc2ccccc2c1. The van der Waals surface area contributed by atoms with Crippen molar-refractivity contribution < 1.29 is 119 Å². The molecule has 0 aliphatic carbocycles. The molecule has 0 amide bonds. The lowest BCUT2D eigenvalue weighted by atomic mass is 9.12. The summed E-state index contributed by atoms with van der Waals surface area (Å²) in [6.07, 6.45) is -51.4. The van der Waals surface area contributed by atoms with Crippen LogP contribution in [0.25, 0.3) is 10.8 Å². The van der Waals surface area contributed by atoms with Crippen LogP contribution in [0.15, 0.2) is 116 Å². The first-order valence-corrected chi connectivity index (χ1v) is 18.6. The van der Waals surface area contributed by atoms with Gasteiger partial charge in [-0.1, -0.05) is 66.7 Å². The van der Waals surface area contributed by atoms with Gasteiger partial charge >= 0.3 is 49.4 Å². The molecule has 0 saturated heterocycles. The topological polar surface area (TPSA) is 13.1 Å². The minimum atomic E-state index is -6.13. The van der Waals surface area contributed by atoms with E-state index in [2.05, 4.69) is 4.84 Å². The van der Waals surface area contributed by atoms with Crippen LogP contribution in [0.4, 0.5) is 110 Å². The number of aromatic nitrogens is 1. The van der Waals surface area contributed by atoms with E-state index in [1.54, 1.807) is 12.4 Å². The molecule has 70 heavy (non-hydrogen) atoms. The fourth-order valence-corrected chi connectivity index (χ4v) is 7.32. The predicted octanol–water partition coefficient (Wildman–Crippen LogP) is 12.7. The van der Waals surface area contributed by atoms with Crippen molar-refractivity contribution in [2.45, 2.75) is 49.4 Å². The maximum absolute atomic E-state index is 14.2. The summed E-state index contributed by atoms with van der Waals surface area (Å²) in [5.74, 6) is 0. The summed E-state index contributed by atoms with van der Waals surface area (Å²) in [6, 6.07) is 0.910. The van der Waals surface area contributed by atoms with E-state index in [1.165, 1.54) is 4.73 Å². The first-order chi connectivity index (χ1) is 31.7. The van der Waals surface area contributed by atoms with Crippen LogP contribution in [0.5, 0.6) is 0 Å². The summed E-state index contributed by atoms with van der Waals surface area (Å²) in [7, 11) is 0. The summed E-state index contributed by atoms with van der Waals surface area (Å²) >= 11 is 0. The number of hydrogen-bond donors (Lipinski definition) is 0. The number of pyridine rings is 1. The van der Waals surface area contributed by atoms with Crippen LogP contribution in [0.3, 0.4) is 0 Å². The Balaban J connectivity index is 0.000000600. The molecule has 0 N–H and O–H groups in total. The van der Waals surface area contributed by atoms with Crippen LogP contribution in [0.2, 0.25) is 0 Å². The Morgan fingerprint density at radius 2 is 0.557 bits per heavy atom. The molecule has 378 valence electrons. The highest BCUT2D eigenvalue weighted by molar-refractivity contribution is 7.20. The van der Waals surface area contributed by atoms with Gasteiger partial charge in [0.25, 0.3) is 6.86 Å².